The van der Waals surface area contributed by atoms with Crippen molar-refractivity contribution in [1.29, 1.82) is 0 Å². The molecule has 0 saturated carbocycles. The summed E-state index contributed by atoms with van der Waals surface area (Å²) in [6, 6.07) is 0. The number of amides is 1. The van der Waals surface area contributed by atoms with Gasteiger partial charge in [0.05, 0.1) is 0 Å². The van der Waals surface area contributed by atoms with E-state index in [1.165, 1.54) is 11.3 Å². The molecule has 90 valence electrons. The topological polar surface area (TPSA) is 54.9 Å². The molecule has 6 heteroatoms. The average molecular weight is 259 g/mol. The highest BCUT2D eigenvalue weighted by molar-refractivity contribution is 8.01. The summed E-state index contributed by atoms with van der Waals surface area (Å²) in [5.74, 6) is 1.09. The van der Waals surface area contributed by atoms with Crippen molar-refractivity contribution in [3.63, 3.8) is 0 Å². The summed E-state index contributed by atoms with van der Waals surface area (Å²) < 4.78 is 0.905. The maximum Gasteiger partial charge on any atom is 0.229 e. The molecule has 1 aromatic rings. The van der Waals surface area contributed by atoms with Gasteiger partial charge in [0, 0.05) is 5.92 Å². The van der Waals surface area contributed by atoms with Crippen molar-refractivity contribution in [3.05, 3.63) is 0 Å². The zero-order valence-electron chi connectivity index (χ0n) is 9.82. The van der Waals surface area contributed by atoms with Gasteiger partial charge in [-0.3, -0.25) is 4.79 Å². The standard InChI is InChI=1S/C10H17N3OS2/c1-4-7(5-2)8(14)11-9-12-13-10(16-9)15-6-3/h7H,4-6H2,1-3H3,(H,11,12,14). The first-order chi connectivity index (χ1) is 7.71. The Labute approximate surface area is 104 Å². The Hall–Kier alpha value is -0.620. The van der Waals surface area contributed by atoms with E-state index in [-0.39, 0.29) is 11.8 Å². The quantitative estimate of drug-likeness (QED) is 0.630. The molecule has 0 atom stereocenters. The fraction of sp³-hybridized carbons (Fsp3) is 0.700. The molecule has 0 radical (unpaired) electrons. The maximum absolute atomic E-state index is 11.8. The first kappa shape index (κ1) is 13.4. The maximum atomic E-state index is 11.8. The molecule has 0 saturated heterocycles. The molecule has 0 aromatic carbocycles. The summed E-state index contributed by atoms with van der Waals surface area (Å²) in [6.45, 7) is 6.10. The second kappa shape index (κ2) is 6.85. The van der Waals surface area contributed by atoms with Crippen molar-refractivity contribution in [1.82, 2.24) is 10.2 Å². The number of thioether (sulfide) groups is 1. The molecular formula is C10H17N3OS2. The lowest BCUT2D eigenvalue weighted by atomic mass is 10.0. The number of carbonyl (C=O) groups excluding carboxylic acids is 1. The third-order valence-electron chi connectivity index (χ3n) is 2.26. The van der Waals surface area contributed by atoms with Crippen molar-refractivity contribution in [2.75, 3.05) is 11.1 Å². The lowest BCUT2D eigenvalue weighted by Gasteiger charge is -2.09. The van der Waals surface area contributed by atoms with Gasteiger partial charge in [-0.05, 0) is 18.6 Å². The molecule has 0 unspecified atom stereocenters. The molecule has 4 nitrogen and oxygen atoms in total. The van der Waals surface area contributed by atoms with E-state index in [2.05, 4.69) is 22.4 Å². The van der Waals surface area contributed by atoms with E-state index >= 15 is 0 Å². The lowest BCUT2D eigenvalue weighted by Crippen LogP contribution is -2.21. The monoisotopic (exact) mass is 259 g/mol. The molecule has 16 heavy (non-hydrogen) atoms. The number of carbonyl (C=O) groups is 1. The van der Waals surface area contributed by atoms with Crippen LogP contribution in [0.5, 0.6) is 0 Å². The third-order valence-corrected chi connectivity index (χ3v) is 4.11. The molecule has 0 aliphatic rings. The van der Waals surface area contributed by atoms with E-state index in [0.29, 0.717) is 5.13 Å². The minimum absolute atomic E-state index is 0.0502. The van der Waals surface area contributed by atoms with Gasteiger partial charge in [0.1, 0.15) is 0 Å². The van der Waals surface area contributed by atoms with Gasteiger partial charge in [-0.2, -0.15) is 0 Å². The van der Waals surface area contributed by atoms with E-state index in [9.17, 15) is 4.79 Å². The molecule has 1 amide bonds. The van der Waals surface area contributed by atoms with Crippen LogP contribution in [0.4, 0.5) is 5.13 Å². The highest BCUT2D eigenvalue weighted by Crippen LogP contribution is 2.25. The lowest BCUT2D eigenvalue weighted by molar-refractivity contribution is -0.120. The molecule has 0 aliphatic carbocycles. The summed E-state index contributed by atoms with van der Waals surface area (Å²) in [5.41, 5.74) is 0. The SMILES string of the molecule is CCSc1nnc(NC(=O)C(CC)CC)s1. The Morgan fingerprint density at radius 2 is 2.06 bits per heavy atom. The molecule has 0 spiro atoms. The Morgan fingerprint density at radius 3 is 2.62 bits per heavy atom. The van der Waals surface area contributed by atoms with Crippen molar-refractivity contribution in [2.24, 2.45) is 5.92 Å². The number of hydrogen-bond acceptors (Lipinski definition) is 5. The Morgan fingerprint density at radius 1 is 1.38 bits per heavy atom. The highest BCUT2D eigenvalue weighted by Gasteiger charge is 2.16. The van der Waals surface area contributed by atoms with Crippen LogP contribution in [-0.2, 0) is 4.79 Å². The van der Waals surface area contributed by atoms with Crippen molar-refractivity contribution < 1.29 is 4.79 Å². The van der Waals surface area contributed by atoms with Crippen molar-refractivity contribution in [2.45, 2.75) is 38.0 Å². The number of aromatic nitrogens is 2. The minimum Gasteiger partial charge on any atom is -0.300 e. The van der Waals surface area contributed by atoms with E-state index in [1.54, 1.807) is 11.8 Å². The van der Waals surface area contributed by atoms with Gasteiger partial charge in [0.2, 0.25) is 11.0 Å². The van der Waals surface area contributed by atoms with Crippen LogP contribution < -0.4 is 5.32 Å². The number of rotatable bonds is 6. The molecule has 0 aliphatic heterocycles. The average Bonchev–Trinajstić information content (AvgIpc) is 2.68. The van der Waals surface area contributed by atoms with Crippen LogP contribution in [0, 0.1) is 5.92 Å². The summed E-state index contributed by atoms with van der Waals surface area (Å²) in [7, 11) is 0. The second-order valence-electron chi connectivity index (χ2n) is 3.31. The zero-order valence-corrected chi connectivity index (χ0v) is 11.5. The van der Waals surface area contributed by atoms with E-state index < -0.39 is 0 Å². The highest BCUT2D eigenvalue weighted by atomic mass is 32.2. The fourth-order valence-electron chi connectivity index (χ4n) is 1.31. The number of nitrogens with one attached hydrogen (secondary N) is 1. The van der Waals surface area contributed by atoms with Crippen LogP contribution in [0.3, 0.4) is 0 Å². The number of nitrogens with zero attached hydrogens (tertiary/aromatic N) is 2. The van der Waals surface area contributed by atoms with Crippen LogP contribution in [0.2, 0.25) is 0 Å². The zero-order chi connectivity index (χ0) is 12.0. The van der Waals surface area contributed by atoms with E-state index in [0.717, 1.165) is 22.9 Å². The molecule has 0 bridgehead atoms. The first-order valence-electron chi connectivity index (χ1n) is 5.48. The normalized spacial score (nSPS) is 10.8. The number of hydrogen-bond donors (Lipinski definition) is 1. The van der Waals surface area contributed by atoms with Crippen LogP contribution in [0.1, 0.15) is 33.6 Å². The first-order valence-corrected chi connectivity index (χ1v) is 7.28. The summed E-state index contributed by atoms with van der Waals surface area (Å²) in [5, 5.41) is 11.3. The van der Waals surface area contributed by atoms with Crippen LogP contribution in [0.25, 0.3) is 0 Å². The summed E-state index contributed by atoms with van der Waals surface area (Å²) in [4.78, 5) is 11.8. The van der Waals surface area contributed by atoms with Gasteiger partial charge in [0.25, 0.3) is 0 Å². The van der Waals surface area contributed by atoms with Gasteiger partial charge in [0.15, 0.2) is 4.34 Å². The molecule has 1 rings (SSSR count). The fourth-order valence-corrected chi connectivity index (χ4v) is 2.96. The molecule has 0 fully saturated rings. The minimum atomic E-state index is 0.0502. The van der Waals surface area contributed by atoms with Crippen molar-refractivity contribution in [3.8, 4) is 0 Å². The van der Waals surface area contributed by atoms with Crippen LogP contribution in [-0.4, -0.2) is 21.9 Å². The van der Waals surface area contributed by atoms with E-state index in [4.69, 9.17) is 0 Å². The van der Waals surface area contributed by atoms with Gasteiger partial charge in [-0.25, -0.2) is 0 Å². The Bertz CT molecular complexity index is 337. The predicted molar refractivity (Wildman–Crippen MR) is 69.0 cm³/mol. The second-order valence-corrected chi connectivity index (χ2v) is 5.80. The van der Waals surface area contributed by atoms with Gasteiger partial charge >= 0.3 is 0 Å². The van der Waals surface area contributed by atoms with Gasteiger partial charge in [-0.1, -0.05) is 43.9 Å². The van der Waals surface area contributed by atoms with Gasteiger partial charge < -0.3 is 5.32 Å². The van der Waals surface area contributed by atoms with Gasteiger partial charge in [-0.15, -0.1) is 10.2 Å². The number of anilines is 1. The smallest absolute Gasteiger partial charge is 0.229 e. The molecule has 1 heterocycles. The summed E-state index contributed by atoms with van der Waals surface area (Å²) >= 11 is 3.07. The largest absolute Gasteiger partial charge is 0.300 e. The Balaban J connectivity index is 2.55. The third kappa shape index (κ3) is 3.75. The van der Waals surface area contributed by atoms with Crippen LogP contribution in [0.15, 0.2) is 4.34 Å². The molecular weight excluding hydrogens is 242 g/mol. The molecule has 1 N–H and O–H groups in total. The van der Waals surface area contributed by atoms with E-state index in [1.807, 2.05) is 13.8 Å². The Kier molecular flexibility index (Phi) is 5.76. The predicted octanol–water partition coefficient (Wildman–Crippen LogP) is 3.02. The summed E-state index contributed by atoms with van der Waals surface area (Å²) in [6.07, 6.45) is 1.72. The van der Waals surface area contributed by atoms with Crippen molar-refractivity contribution >= 4 is 34.1 Å². The van der Waals surface area contributed by atoms with Crippen LogP contribution >= 0.6 is 23.1 Å². The molecule has 1 aromatic heterocycles.